The molecule has 1 aromatic heterocycles. The molecule has 1 nitrogen and oxygen atoms in total. The zero-order valence-electron chi connectivity index (χ0n) is 21.6. The summed E-state index contributed by atoms with van der Waals surface area (Å²) in [4.78, 5) is 0. The molecule has 192 valence electrons. The number of pyridine rings is 1. The van der Waals surface area contributed by atoms with Gasteiger partial charge in [0.25, 0.3) is 0 Å². The molecule has 0 aliphatic heterocycles. The van der Waals surface area contributed by atoms with E-state index in [2.05, 4.69) is 129 Å². The van der Waals surface area contributed by atoms with Crippen LogP contribution in [0.3, 0.4) is 0 Å². The van der Waals surface area contributed by atoms with E-state index >= 15 is 0 Å². The number of halogens is 4. The lowest BCUT2D eigenvalue weighted by Crippen LogP contribution is -3.00. The van der Waals surface area contributed by atoms with Crippen molar-refractivity contribution in [2.45, 2.75) is 58.9 Å². The van der Waals surface area contributed by atoms with E-state index in [0.717, 1.165) is 6.54 Å². The van der Waals surface area contributed by atoms with Crippen molar-refractivity contribution in [3.05, 3.63) is 114 Å². The van der Waals surface area contributed by atoms with Gasteiger partial charge in [-0.2, -0.15) is 4.57 Å². The highest BCUT2D eigenvalue weighted by Crippen LogP contribution is 2.19. The van der Waals surface area contributed by atoms with Gasteiger partial charge in [0, 0.05) is 23.1 Å². The van der Waals surface area contributed by atoms with Crippen LogP contribution in [-0.2, 0) is 6.54 Å². The molecule has 0 saturated carbocycles. The minimum Gasteiger partial charge on any atom is -1.00 e. The average molecular weight is 497 g/mol. The van der Waals surface area contributed by atoms with E-state index < -0.39 is 7.54 Å². The lowest BCUT2D eigenvalue weighted by molar-refractivity contribution is -0.662. The van der Waals surface area contributed by atoms with Crippen molar-refractivity contribution < 1.29 is 22.2 Å². The van der Waals surface area contributed by atoms with Crippen LogP contribution >= 0.6 is 0 Å². The van der Waals surface area contributed by atoms with Crippen molar-refractivity contribution in [3.63, 3.8) is 0 Å². The third-order valence-electron chi connectivity index (χ3n) is 6.28. The minimum absolute atomic E-state index is 0. The van der Waals surface area contributed by atoms with Gasteiger partial charge in [0.05, 0.1) is 0 Å². The minimum atomic E-state index is -3.67. The van der Waals surface area contributed by atoms with Gasteiger partial charge < -0.3 is 4.70 Å². The van der Waals surface area contributed by atoms with E-state index in [1.165, 1.54) is 40.4 Å². The van der Waals surface area contributed by atoms with Crippen molar-refractivity contribution in [2.24, 2.45) is 0 Å². The lowest BCUT2D eigenvalue weighted by Gasteiger charge is -2.09. The normalized spacial score (nSPS) is 11.6. The molecular weight excluding hydrogens is 461 g/mol. The molecule has 0 N–H and O–H groups in total. The highest BCUT2D eigenvalue weighted by molar-refractivity contribution is 6.33. The number of hydrogen-bond donors (Lipinski definition) is 0. The second kappa shape index (κ2) is 16.5. The van der Waals surface area contributed by atoms with Crippen LogP contribution in [-0.4, -0.2) is 7.54 Å². The molecule has 0 saturated heterocycles. The Bertz CT molecular complexity index is 1110. The van der Waals surface area contributed by atoms with Gasteiger partial charge in [0.15, 0.2) is 12.7 Å². The first-order chi connectivity index (χ1) is 16.8. The third kappa shape index (κ3) is 10.2. The summed E-state index contributed by atoms with van der Waals surface area (Å²) >= 11 is 0. The molecule has 4 aromatic rings. The molecular formula is C30H36BF4N. The Morgan fingerprint density at radius 3 is 1.69 bits per heavy atom. The topological polar surface area (TPSA) is 3.88 Å². The van der Waals surface area contributed by atoms with Gasteiger partial charge in [-0.1, -0.05) is 94.4 Å². The van der Waals surface area contributed by atoms with E-state index in [0.29, 0.717) is 11.8 Å². The molecule has 0 amide bonds. The Kier molecular flexibility index (Phi) is 14.2. The Hall–Kier alpha value is -3.15. The molecule has 6 heteroatoms. The maximum absolute atomic E-state index is 9.67. The Labute approximate surface area is 213 Å². The van der Waals surface area contributed by atoms with Gasteiger partial charge in [-0.05, 0) is 47.9 Å². The zero-order valence-corrected chi connectivity index (χ0v) is 21.6. The fraction of sp³-hybridized carbons (Fsp3) is 0.300. The maximum Gasteiger partial charge on any atom is 0.762 e. The van der Waals surface area contributed by atoms with Gasteiger partial charge in [-0.25, -0.2) is 0 Å². The summed E-state index contributed by atoms with van der Waals surface area (Å²) in [6.07, 6.45) is 4.58. The summed E-state index contributed by atoms with van der Waals surface area (Å²) in [5.41, 5.74) is 5.52. The Balaban J connectivity index is 0.000000362. The van der Waals surface area contributed by atoms with Crippen molar-refractivity contribution in [1.29, 1.82) is 0 Å². The maximum atomic E-state index is 9.67. The van der Waals surface area contributed by atoms with E-state index in [4.69, 9.17) is 0 Å². The molecule has 2 unspecified atom stereocenters. The SMILES string of the molecule is CCC(C)c1ccc(C[n+]2cccc3ccccc32)cc1.CCC(C)c1ccccc1.FB(F)F.[F-]. The first-order valence-electron chi connectivity index (χ1n) is 12.3. The first kappa shape index (κ1) is 30.9. The number of rotatable bonds is 6. The van der Waals surface area contributed by atoms with Gasteiger partial charge in [-0.3, -0.25) is 12.9 Å². The largest absolute Gasteiger partial charge is 1.00 e. The van der Waals surface area contributed by atoms with Crippen molar-refractivity contribution >= 4 is 18.4 Å². The van der Waals surface area contributed by atoms with Gasteiger partial charge in [-0.15, -0.1) is 0 Å². The fourth-order valence-electron chi connectivity index (χ4n) is 3.76. The molecule has 0 aliphatic carbocycles. The van der Waals surface area contributed by atoms with E-state index in [1.807, 2.05) is 0 Å². The lowest BCUT2D eigenvalue weighted by atomic mass is 9.97. The number of nitrogens with zero attached hydrogens (tertiary/aromatic N) is 1. The van der Waals surface area contributed by atoms with Crippen LogP contribution in [0.1, 0.15) is 69.1 Å². The van der Waals surface area contributed by atoms with Crippen molar-refractivity contribution in [1.82, 2.24) is 0 Å². The molecule has 1 heterocycles. The summed E-state index contributed by atoms with van der Waals surface area (Å²) in [6.45, 7) is 9.92. The highest BCUT2D eigenvalue weighted by Gasteiger charge is 2.09. The highest BCUT2D eigenvalue weighted by atomic mass is 19.4. The van der Waals surface area contributed by atoms with Crippen LogP contribution in [0.2, 0.25) is 0 Å². The molecule has 0 spiro atoms. The fourth-order valence-corrected chi connectivity index (χ4v) is 3.76. The standard InChI is InChI=1S/C20H22N.C10H14.BF3.FH/c1-3-16(2)18-12-10-17(11-13-18)15-21-14-6-8-19-7-4-5-9-20(19)21;1-3-9(2)10-7-5-4-6-8-10;2-1(3)4;/h4-14,16H,3,15H2,1-2H3;4-9H,3H2,1-2H3;;1H/q+1;;;/p-1. The average Bonchev–Trinajstić information content (AvgIpc) is 2.89. The quantitative estimate of drug-likeness (QED) is 0.181. The predicted octanol–water partition coefficient (Wildman–Crippen LogP) is 5.77. The molecule has 0 aliphatic rings. The number of fused-ring (bicyclic) bond motifs is 1. The second-order valence-corrected chi connectivity index (χ2v) is 8.71. The molecule has 0 fully saturated rings. The van der Waals surface area contributed by atoms with Crippen LogP contribution in [0.4, 0.5) is 12.9 Å². The van der Waals surface area contributed by atoms with Crippen molar-refractivity contribution in [2.75, 3.05) is 0 Å². The van der Waals surface area contributed by atoms with Gasteiger partial charge >= 0.3 is 7.54 Å². The van der Waals surface area contributed by atoms with Crippen LogP contribution in [0.15, 0.2) is 97.2 Å². The van der Waals surface area contributed by atoms with Crippen molar-refractivity contribution in [3.8, 4) is 0 Å². The predicted molar refractivity (Wildman–Crippen MR) is 143 cm³/mol. The smallest absolute Gasteiger partial charge is 0.762 e. The number of hydrogen-bond acceptors (Lipinski definition) is 0. The second-order valence-electron chi connectivity index (χ2n) is 8.71. The Morgan fingerprint density at radius 1 is 0.667 bits per heavy atom. The molecule has 36 heavy (non-hydrogen) atoms. The van der Waals surface area contributed by atoms with Crippen LogP contribution < -0.4 is 9.27 Å². The Morgan fingerprint density at radius 2 is 1.14 bits per heavy atom. The monoisotopic (exact) mass is 497 g/mol. The number of aromatic nitrogens is 1. The van der Waals surface area contributed by atoms with Gasteiger partial charge in [0.1, 0.15) is 0 Å². The molecule has 3 aromatic carbocycles. The summed E-state index contributed by atoms with van der Waals surface area (Å²) in [7, 11) is -3.67. The molecule has 0 radical (unpaired) electrons. The summed E-state index contributed by atoms with van der Waals surface area (Å²) in [6, 6.07) is 32.5. The first-order valence-corrected chi connectivity index (χ1v) is 12.3. The summed E-state index contributed by atoms with van der Waals surface area (Å²) in [5, 5.41) is 1.29. The molecule has 0 bridgehead atoms. The number of benzene rings is 3. The van der Waals surface area contributed by atoms with Crippen LogP contribution in [0.5, 0.6) is 0 Å². The molecule has 4 rings (SSSR count). The summed E-state index contributed by atoms with van der Waals surface area (Å²) < 4.78 is 31.3. The molecule has 2 atom stereocenters. The summed E-state index contributed by atoms with van der Waals surface area (Å²) in [5.74, 6) is 1.35. The van der Waals surface area contributed by atoms with Crippen LogP contribution in [0.25, 0.3) is 10.9 Å². The number of para-hydroxylation sites is 1. The zero-order chi connectivity index (χ0) is 25.6. The van der Waals surface area contributed by atoms with E-state index in [-0.39, 0.29) is 4.70 Å². The van der Waals surface area contributed by atoms with E-state index in [9.17, 15) is 12.9 Å². The van der Waals surface area contributed by atoms with Crippen LogP contribution in [0, 0.1) is 0 Å². The van der Waals surface area contributed by atoms with Gasteiger partial charge in [0.2, 0.25) is 5.52 Å². The van der Waals surface area contributed by atoms with E-state index in [1.54, 1.807) is 0 Å². The third-order valence-corrected chi connectivity index (χ3v) is 6.28.